The number of ether oxygens (including phenoxy) is 1. The Hall–Kier alpha value is -3.73. The van der Waals surface area contributed by atoms with E-state index in [0.29, 0.717) is 26.1 Å². The first kappa shape index (κ1) is 27.9. The van der Waals surface area contributed by atoms with Gasteiger partial charge < -0.3 is 14.7 Å². The molecular formula is C26H29F3N4O4. The maximum atomic E-state index is 12.9. The number of carboxylic acid groups (broad SMARTS) is 1. The van der Waals surface area contributed by atoms with E-state index in [9.17, 15) is 18.0 Å². The van der Waals surface area contributed by atoms with Gasteiger partial charge in [0.25, 0.3) is 0 Å². The van der Waals surface area contributed by atoms with Gasteiger partial charge in [-0.1, -0.05) is 36.4 Å². The highest BCUT2D eigenvalue weighted by Gasteiger charge is 2.38. The van der Waals surface area contributed by atoms with Crippen molar-refractivity contribution in [1.82, 2.24) is 19.7 Å². The van der Waals surface area contributed by atoms with Crippen LogP contribution in [0, 0.1) is 5.92 Å². The normalized spacial score (nSPS) is 17.6. The van der Waals surface area contributed by atoms with Crippen molar-refractivity contribution in [3.8, 4) is 0 Å². The number of halogens is 3. The molecule has 3 heterocycles. The van der Waals surface area contributed by atoms with Gasteiger partial charge in [0.15, 0.2) is 0 Å². The number of hydrogen-bond donors (Lipinski definition) is 1. The number of rotatable bonds is 7. The Balaban J connectivity index is 0.000000479. The van der Waals surface area contributed by atoms with Crippen LogP contribution in [0.15, 0.2) is 67.1 Å². The summed E-state index contributed by atoms with van der Waals surface area (Å²) < 4.78 is 39.8. The monoisotopic (exact) mass is 518 g/mol. The van der Waals surface area contributed by atoms with Crippen molar-refractivity contribution in [3.05, 3.63) is 83.9 Å². The Morgan fingerprint density at radius 1 is 1.11 bits per heavy atom. The molecule has 4 rings (SSSR count). The molecule has 8 nitrogen and oxygen atoms in total. The Bertz CT molecular complexity index is 1140. The number of amides is 1. The highest BCUT2D eigenvalue weighted by Crippen LogP contribution is 2.25. The number of aryl methyl sites for hydroxylation is 1. The SMILES string of the molecule is Cn1ccc(CC(=O)N2CC[C@@H](OCc3cccnc3)[C@H](Cc3ccccc3)C2)n1.O=C(O)C(F)(F)F. The molecule has 0 spiro atoms. The van der Waals surface area contributed by atoms with Crippen LogP contribution in [0.4, 0.5) is 13.2 Å². The lowest BCUT2D eigenvalue weighted by Crippen LogP contribution is -2.48. The second-order valence-electron chi connectivity index (χ2n) is 8.75. The summed E-state index contributed by atoms with van der Waals surface area (Å²) in [5.41, 5.74) is 3.16. The number of benzene rings is 1. The third-order valence-electron chi connectivity index (χ3n) is 5.89. The van der Waals surface area contributed by atoms with Gasteiger partial charge >= 0.3 is 12.1 Å². The zero-order chi connectivity index (χ0) is 26.8. The molecule has 2 atom stereocenters. The fourth-order valence-electron chi connectivity index (χ4n) is 4.08. The molecule has 1 N–H and O–H groups in total. The quantitative estimate of drug-likeness (QED) is 0.513. The molecule has 0 radical (unpaired) electrons. The van der Waals surface area contributed by atoms with Crippen molar-refractivity contribution in [1.29, 1.82) is 0 Å². The molecule has 11 heteroatoms. The van der Waals surface area contributed by atoms with Crippen LogP contribution >= 0.6 is 0 Å². The lowest BCUT2D eigenvalue weighted by atomic mass is 9.88. The van der Waals surface area contributed by atoms with E-state index in [0.717, 1.165) is 24.1 Å². The van der Waals surface area contributed by atoms with Gasteiger partial charge in [0.1, 0.15) is 0 Å². The van der Waals surface area contributed by atoms with E-state index in [-0.39, 0.29) is 17.9 Å². The minimum Gasteiger partial charge on any atom is -0.475 e. The number of carbonyl (C=O) groups is 2. The summed E-state index contributed by atoms with van der Waals surface area (Å²) in [6.45, 7) is 1.97. The first-order valence-corrected chi connectivity index (χ1v) is 11.7. The van der Waals surface area contributed by atoms with E-state index in [1.165, 1.54) is 5.56 Å². The molecular weight excluding hydrogens is 489 g/mol. The van der Waals surface area contributed by atoms with Gasteiger partial charge in [-0.05, 0) is 36.1 Å². The minimum absolute atomic E-state index is 0.115. The Morgan fingerprint density at radius 2 is 1.81 bits per heavy atom. The number of aliphatic carboxylic acids is 1. The summed E-state index contributed by atoms with van der Waals surface area (Å²) in [7, 11) is 1.87. The maximum absolute atomic E-state index is 12.9. The summed E-state index contributed by atoms with van der Waals surface area (Å²) >= 11 is 0. The van der Waals surface area contributed by atoms with E-state index in [2.05, 4.69) is 34.3 Å². The number of carbonyl (C=O) groups excluding carboxylic acids is 1. The largest absolute Gasteiger partial charge is 0.490 e. The molecule has 2 aromatic heterocycles. The zero-order valence-electron chi connectivity index (χ0n) is 20.3. The third kappa shape index (κ3) is 9.02. The van der Waals surface area contributed by atoms with Crippen molar-refractivity contribution in [2.24, 2.45) is 13.0 Å². The number of alkyl halides is 3. The summed E-state index contributed by atoms with van der Waals surface area (Å²) in [5, 5.41) is 11.5. The Kier molecular flexibility index (Phi) is 9.78. The number of carboxylic acids is 1. The highest BCUT2D eigenvalue weighted by molar-refractivity contribution is 5.78. The van der Waals surface area contributed by atoms with Crippen LogP contribution in [-0.2, 0) is 40.8 Å². The summed E-state index contributed by atoms with van der Waals surface area (Å²) in [6.07, 6.45) is 2.60. The highest BCUT2D eigenvalue weighted by atomic mass is 19.4. The summed E-state index contributed by atoms with van der Waals surface area (Å²) in [4.78, 5) is 27.9. The fourth-order valence-corrected chi connectivity index (χ4v) is 4.08. The molecule has 0 saturated carbocycles. The van der Waals surface area contributed by atoms with Crippen molar-refractivity contribution < 1.29 is 32.6 Å². The average Bonchev–Trinajstić information content (AvgIpc) is 3.28. The first-order chi connectivity index (χ1) is 17.6. The molecule has 1 saturated heterocycles. The smallest absolute Gasteiger partial charge is 0.475 e. The molecule has 1 fully saturated rings. The number of pyridine rings is 1. The van der Waals surface area contributed by atoms with Crippen LogP contribution in [0.25, 0.3) is 0 Å². The van der Waals surface area contributed by atoms with E-state index in [1.54, 1.807) is 10.9 Å². The number of hydrogen-bond acceptors (Lipinski definition) is 5. The summed E-state index contributed by atoms with van der Waals surface area (Å²) in [6, 6.07) is 16.3. The maximum Gasteiger partial charge on any atom is 0.490 e. The fraction of sp³-hybridized carbons (Fsp3) is 0.385. The van der Waals surface area contributed by atoms with E-state index in [4.69, 9.17) is 14.6 Å². The average molecular weight is 519 g/mol. The molecule has 1 amide bonds. The Labute approximate surface area is 212 Å². The summed E-state index contributed by atoms with van der Waals surface area (Å²) in [5.74, 6) is -2.37. The van der Waals surface area contributed by atoms with Gasteiger partial charge in [-0.25, -0.2) is 4.79 Å². The number of likely N-dealkylation sites (tertiary alicyclic amines) is 1. The molecule has 3 aromatic rings. The van der Waals surface area contributed by atoms with Crippen LogP contribution < -0.4 is 0 Å². The van der Waals surface area contributed by atoms with Crippen molar-refractivity contribution in [2.75, 3.05) is 13.1 Å². The van der Waals surface area contributed by atoms with Crippen molar-refractivity contribution in [3.63, 3.8) is 0 Å². The van der Waals surface area contributed by atoms with Crippen LogP contribution in [0.1, 0.15) is 23.2 Å². The van der Waals surface area contributed by atoms with E-state index >= 15 is 0 Å². The van der Waals surface area contributed by atoms with Gasteiger partial charge in [-0.15, -0.1) is 0 Å². The topological polar surface area (TPSA) is 97.5 Å². The van der Waals surface area contributed by atoms with E-state index in [1.807, 2.05) is 48.6 Å². The van der Waals surface area contributed by atoms with Crippen molar-refractivity contribution >= 4 is 11.9 Å². The van der Waals surface area contributed by atoms with Crippen LogP contribution in [-0.4, -0.2) is 62.0 Å². The molecule has 0 unspecified atom stereocenters. The zero-order valence-corrected chi connectivity index (χ0v) is 20.3. The number of aromatic nitrogens is 3. The second-order valence-corrected chi connectivity index (χ2v) is 8.75. The van der Waals surface area contributed by atoms with Gasteiger partial charge in [0.05, 0.1) is 24.8 Å². The molecule has 1 aliphatic rings. The van der Waals surface area contributed by atoms with Crippen LogP contribution in [0.2, 0.25) is 0 Å². The number of piperidine rings is 1. The lowest BCUT2D eigenvalue weighted by molar-refractivity contribution is -0.192. The van der Waals surface area contributed by atoms with E-state index < -0.39 is 12.1 Å². The second kappa shape index (κ2) is 13.0. The van der Waals surface area contributed by atoms with Gasteiger partial charge in [0.2, 0.25) is 5.91 Å². The Morgan fingerprint density at radius 3 is 2.41 bits per heavy atom. The van der Waals surface area contributed by atoms with Crippen molar-refractivity contribution in [2.45, 2.75) is 38.1 Å². The van der Waals surface area contributed by atoms with Crippen LogP contribution in [0.5, 0.6) is 0 Å². The standard InChI is InChI=1S/C24H28N4O2.C2HF3O2/c1-27-12-9-22(26-27)15-24(29)28-13-10-23(30-18-20-8-5-11-25-16-20)21(17-28)14-19-6-3-2-4-7-19;3-2(4,5)1(6)7/h2-9,11-12,16,21,23H,10,13-15,17-18H2,1H3;(H,6,7)/t21-,23-;/m1./s1. The van der Waals surface area contributed by atoms with Gasteiger partial charge in [-0.3, -0.25) is 14.5 Å². The lowest BCUT2D eigenvalue weighted by Gasteiger charge is -2.38. The third-order valence-corrected chi connectivity index (χ3v) is 5.89. The number of nitrogens with zero attached hydrogens (tertiary/aromatic N) is 4. The minimum atomic E-state index is -5.08. The molecule has 1 aliphatic heterocycles. The van der Waals surface area contributed by atoms with Gasteiger partial charge in [0, 0.05) is 44.6 Å². The molecule has 0 bridgehead atoms. The molecule has 1 aromatic carbocycles. The molecule has 0 aliphatic carbocycles. The predicted octanol–water partition coefficient (Wildman–Crippen LogP) is 3.67. The molecule has 37 heavy (non-hydrogen) atoms. The molecule has 198 valence electrons. The van der Waals surface area contributed by atoms with Crippen LogP contribution in [0.3, 0.4) is 0 Å². The predicted molar refractivity (Wildman–Crippen MR) is 128 cm³/mol. The first-order valence-electron chi connectivity index (χ1n) is 11.7. The van der Waals surface area contributed by atoms with Gasteiger partial charge in [-0.2, -0.15) is 18.3 Å².